The van der Waals surface area contributed by atoms with Gasteiger partial charge < -0.3 is 38.6 Å². The van der Waals surface area contributed by atoms with Gasteiger partial charge in [0.1, 0.15) is 23.0 Å². The zero-order valence-electron chi connectivity index (χ0n) is 28.5. The van der Waals surface area contributed by atoms with Crippen LogP contribution in [0.15, 0.2) is 92.4 Å². The van der Waals surface area contributed by atoms with Crippen molar-refractivity contribution in [2.75, 3.05) is 39.6 Å². The van der Waals surface area contributed by atoms with Crippen LogP contribution in [-0.2, 0) is 28.7 Å². The number of carboxylic acids is 2. The van der Waals surface area contributed by atoms with Crippen molar-refractivity contribution in [1.29, 1.82) is 0 Å². The minimum atomic E-state index is -1.11. The van der Waals surface area contributed by atoms with E-state index in [-0.39, 0.29) is 26.4 Å². The number of carbonyl (C=O) groups excluding carboxylic acids is 2. The smallest absolute Gasteiger partial charge is 0.344 e. The molecule has 2 N–H and O–H groups in total. The number of carboxylic acid groups (broad SMARTS) is 2. The van der Waals surface area contributed by atoms with Crippen LogP contribution in [0.4, 0.5) is 0 Å². The van der Waals surface area contributed by atoms with Crippen LogP contribution in [0.25, 0.3) is 0 Å². The predicted molar refractivity (Wildman–Crippen MR) is 205 cm³/mol. The van der Waals surface area contributed by atoms with E-state index in [1.807, 2.05) is 0 Å². The summed E-state index contributed by atoms with van der Waals surface area (Å²) in [5.74, 6) is -1.63. The fourth-order valence-corrected chi connectivity index (χ4v) is 6.99. The maximum atomic E-state index is 11.6. The van der Waals surface area contributed by atoms with E-state index in [0.717, 1.165) is 0 Å². The van der Waals surface area contributed by atoms with Gasteiger partial charge in [0.05, 0.1) is 32.8 Å². The summed E-state index contributed by atoms with van der Waals surface area (Å²) in [6, 6.07) is 19.5. The van der Waals surface area contributed by atoms with Gasteiger partial charge in [-0.05, 0) is 86.6 Å². The quantitative estimate of drug-likeness (QED) is 0.0911. The minimum absolute atomic E-state index is 0.231. The fourth-order valence-electron chi connectivity index (χ4n) is 3.92. The van der Waals surface area contributed by atoms with Gasteiger partial charge in [0.2, 0.25) is 0 Å². The Morgan fingerprint density at radius 2 is 0.741 bits per heavy atom. The molecule has 0 aromatic heterocycles. The minimum Gasteiger partial charge on any atom is -0.481 e. The Hall–Kier alpha value is -4.18. The Kier molecular flexibility index (Phi) is 18.8. The van der Waals surface area contributed by atoms with Gasteiger partial charge in [-0.1, -0.05) is 69.9 Å². The normalized spacial score (nSPS) is 10.3. The van der Waals surface area contributed by atoms with E-state index in [4.69, 9.17) is 85.0 Å². The predicted octanol–water partition coefficient (Wildman–Crippen LogP) is 9.10. The SMILES string of the molecule is CCOC(=O)COc1ccc(Cl)cc1Sc1cc(Cl)ccc1OCC(=O)OCC.O=C(O)COc1ccc(Cl)cc1Sc1cc(Cl)ccc1OCC(=O)O. The van der Waals surface area contributed by atoms with Gasteiger partial charge in [-0.2, -0.15) is 0 Å². The molecule has 0 saturated carbocycles. The standard InChI is InChI=1S/C20H20Cl2O6S.C16H12Cl2O6S/c1-3-25-19(23)11-27-15-7-5-13(21)9-17(15)29-18-10-14(22)6-8-16(18)28-12-20(24)26-4-2;17-9-1-3-11(23-7-15(19)20)13(5-9)25-14-6-10(18)2-4-12(14)24-8-16(21)22/h5-10H,3-4,11-12H2,1-2H3;1-6H,7-8H2,(H,19,20)(H,21,22). The summed E-state index contributed by atoms with van der Waals surface area (Å²) in [5.41, 5.74) is 0. The number of aliphatic carboxylic acids is 2. The number of esters is 2. The van der Waals surface area contributed by atoms with Crippen LogP contribution >= 0.6 is 69.9 Å². The second kappa shape index (κ2) is 22.9. The van der Waals surface area contributed by atoms with E-state index >= 15 is 0 Å². The Morgan fingerprint density at radius 1 is 0.481 bits per heavy atom. The fraction of sp³-hybridized carbons (Fsp3) is 0.222. The lowest BCUT2D eigenvalue weighted by molar-refractivity contribution is -0.146. The summed E-state index contributed by atoms with van der Waals surface area (Å²) in [6.45, 7) is 2.51. The Balaban J connectivity index is 0.000000294. The largest absolute Gasteiger partial charge is 0.481 e. The third kappa shape index (κ3) is 15.7. The van der Waals surface area contributed by atoms with E-state index in [2.05, 4.69) is 0 Å². The maximum absolute atomic E-state index is 11.6. The van der Waals surface area contributed by atoms with Gasteiger partial charge in [0, 0.05) is 20.1 Å². The number of hydrogen-bond donors (Lipinski definition) is 2. The molecular weight excluding hydrogens is 830 g/mol. The zero-order valence-corrected chi connectivity index (χ0v) is 33.1. The van der Waals surface area contributed by atoms with Crippen molar-refractivity contribution in [3.8, 4) is 23.0 Å². The highest BCUT2D eigenvalue weighted by Crippen LogP contribution is 2.43. The highest BCUT2D eigenvalue weighted by atomic mass is 35.5. The van der Waals surface area contributed by atoms with E-state index in [1.165, 1.54) is 23.5 Å². The number of carbonyl (C=O) groups is 4. The Labute approximate surface area is 338 Å². The number of rotatable bonds is 18. The molecule has 18 heteroatoms. The van der Waals surface area contributed by atoms with Crippen molar-refractivity contribution in [3.05, 3.63) is 92.9 Å². The lowest BCUT2D eigenvalue weighted by Crippen LogP contribution is -2.15. The molecule has 0 fully saturated rings. The summed E-state index contributed by atoms with van der Waals surface area (Å²) < 4.78 is 31.4. The van der Waals surface area contributed by atoms with Crippen LogP contribution in [-0.4, -0.2) is 73.7 Å². The molecule has 0 aliphatic heterocycles. The average Bonchev–Trinajstić information content (AvgIpc) is 3.11. The van der Waals surface area contributed by atoms with Crippen molar-refractivity contribution in [2.45, 2.75) is 33.4 Å². The molecule has 4 aromatic carbocycles. The van der Waals surface area contributed by atoms with E-state index in [9.17, 15) is 19.2 Å². The van der Waals surface area contributed by atoms with Gasteiger partial charge in [0.15, 0.2) is 26.4 Å². The first-order valence-electron chi connectivity index (χ1n) is 15.6. The van der Waals surface area contributed by atoms with Gasteiger partial charge in [-0.3, -0.25) is 0 Å². The molecule has 0 amide bonds. The van der Waals surface area contributed by atoms with Crippen LogP contribution in [0.1, 0.15) is 13.8 Å². The molecule has 0 spiro atoms. The number of halogens is 4. The third-order valence-corrected chi connectivity index (χ3v) is 9.16. The molecule has 4 rings (SSSR count). The first-order valence-corrected chi connectivity index (χ1v) is 18.7. The third-order valence-electron chi connectivity index (χ3n) is 6.07. The van der Waals surface area contributed by atoms with Gasteiger partial charge in [0.25, 0.3) is 0 Å². The highest BCUT2D eigenvalue weighted by Gasteiger charge is 2.16. The lowest BCUT2D eigenvalue weighted by atomic mass is 10.3. The Morgan fingerprint density at radius 3 is 0.981 bits per heavy atom. The average molecular weight is 863 g/mol. The van der Waals surface area contributed by atoms with Crippen LogP contribution in [0.5, 0.6) is 23.0 Å². The van der Waals surface area contributed by atoms with Crippen LogP contribution < -0.4 is 18.9 Å². The summed E-state index contributed by atoms with van der Waals surface area (Å²) in [5, 5.41) is 19.4. The van der Waals surface area contributed by atoms with Crippen molar-refractivity contribution in [2.24, 2.45) is 0 Å². The van der Waals surface area contributed by atoms with E-state index in [0.29, 0.717) is 62.7 Å². The number of hydrogen-bond acceptors (Lipinski definition) is 12. The van der Waals surface area contributed by atoms with Gasteiger partial charge in [-0.15, -0.1) is 0 Å². The number of benzene rings is 4. The topological polar surface area (TPSA) is 164 Å². The second-order valence-corrected chi connectivity index (χ2v) is 14.0. The molecule has 54 heavy (non-hydrogen) atoms. The summed E-state index contributed by atoms with van der Waals surface area (Å²) in [7, 11) is 0. The zero-order chi connectivity index (χ0) is 39.6. The van der Waals surface area contributed by atoms with E-state index in [1.54, 1.807) is 86.6 Å². The van der Waals surface area contributed by atoms with Crippen molar-refractivity contribution < 1.29 is 57.8 Å². The van der Waals surface area contributed by atoms with Crippen LogP contribution in [0.3, 0.4) is 0 Å². The Bertz CT molecular complexity index is 1790. The summed E-state index contributed by atoms with van der Waals surface area (Å²) in [6.07, 6.45) is 0. The van der Waals surface area contributed by atoms with Gasteiger partial charge >= 0.3 is 23.9 Å². The van der Waals surface area contributed by atoms with Crippen LogP contribution in [0.2, 0.25) is 20.1 Å². The molecule has 0 unspecified atom stereocenters. The van der Waals surface area contributed by atoms with Gasteiger partial charge in [-0.25, -0.2) is 19.2 Å². The lowest BCUT2D eigenvalue weighted by Gasteiger charge is -2.14. The summed E-state index contributed by atoms with van der Waals surface area (Å²) in [4.78, 5) is 47.0. The van der Waals surface area contributed by atoms with E-state index < -0.39 is 37.1 Å². The number of ether oxygens (including phenoxy) is 6. The first kappa shape index (κ1) is 44.2. The molecule has 12 nitrogen and oxygen atoms in total. The highest BCUT2D eigenvalue weighted by molar-refractivity contribution is 7.99. The molecule has 0 radical (unpaired) electrons. The van der Waals surface area contributed by atoms with Crippen molar-refractivity contribution in [3.63, 3.8) is 0 Å². The molecule has 0 bridgehead atoms. The molecule has 0 atom stereocenters. The van der Waals surface area contributed by atoms with Crippen molar-refractivity contribution >= 4 is 93.8 Å². The van der Waals surface area contributed by atoms with Crippen LogP contribution in [0, 0.1) is 0 Å². The molecule has 0 saturated heterocycles. The molecular formula is C36H32Cl4O12S2. The molecule has 0 aliphatic rings. The molecule has 0 aliphatic carbocycles. The molecule has 0 heterocycles. The second-order valence-electron chi connectivity index (χ2n) is 10.1. The summed E-state index contributed by atoms with van der Waals surface area (Å²) >= 11 is 26.7. The maximum Gasteiger partial charge on any atom is 0.344 e. The van der Waals surface area contributed by atoms with Crippen molar-refractivity contribution in [1.82, 2.24) is 0 Å². The molecule has 288 valence electrons. The first-order chi connectivity index (χ1) is 25.8. The monoisotopic (exact) mass is 860 g/mol. The molecule has 4 aromatic rings.